The first kappa shape index (κ1) is 10.9. The van der Waals surface area contributed by atoms with E-state index in [0.717, 1.165) is 0 Å². The molecule has 84 valence electrons. The monoisotopic (exact) mass is 237 g/mol. The van der Waals surface area contributed by atoms with Gasteiger partial charge in [-0.3, -0.25) is 4.79 Å². The van der Waals surface area contributed by atoms with E-state index in [-0.39, 0.29) is 11.2 Å². The van der Waals surface area contributed by atoms with E-state index in [1.807, 2.05) is 13.0 Å². The molecule has 0 bridgehead atoms. The molecule has 1 aromatic rings. The summed E-state index contributed by atoms with van der Waals surface area (Å²) in [5.41, 5.74) is 0.673. The van der Waals surface area contributed by atoms with Gasteiger partial charge in [0.1, 0.15) is 11.5 Å². The van der Waals surface area contributed by atoms with Crippen LogP contribution in [0, 0.1) is 0 Å². The maximum atomic E-state index is 11.2. The van der Waals surface area contributed by atoms with Crippen molar-refractivity contribution in [2.75, 3.05) is 0 Å². The smallest absolute Gasteiger partial charge is 0.239 e. The fourth-order valence-corrected chi connectivity index (χ4v) is 1.91. The topological polar surface area (TPSA) is 67.0 Å². The van der Waals surface area contributed by atoms with Crippen LogP contribution in [0.5, 0.6) is 0 Å². The second kappa shape index (κ2) is 4.52. The molecule has 1 aliphatic heterocycles. The highest BCUT2D eigenvalue weighted by Gasteiger charge is 2.25. The fourth-order valence-electron chi connectivity index (χ4n) is 1.16. The molecule has 2 rings (SSSR count). The average Bonchev–Trinajstić information content (AvgIpc) is 2.86. The maximum Gasteiger partial charge on any atom is 0.239 e. The number of nitrogens with zero attached hydrogens (tertiary/aromatic N) is 2. The summed E-state index contributed by atoms with van der Waals surface area (Å²) in [6.07, 6.45) is 1.58. The van der Waals surface area contributed by atoms with Crippen LogP contribution < -0.4 is 5.32 Å². The molecule has 0 saturated carbocycles. The van der Waals surface area contributed by atoms with Crippen molar-refractivity contribution in [3.8, 4) is 0 Å². The van der Waals surface area contributed by atoms with E-state index in [4.69, 9.17) is 4.42 Å². The van der Waals surface area contributed by atoms with Gasteiger partial charge in [0, 0.05) is 0 Å². The maximum absolute atomic E-state index is 11.2. The quantitative estimate of drug-likeness (QED) is 0.627. The SMILES string of the molecule is C/C(=N/N=C1\NC(=O)[C@H](C)S1)c1ccco1. The lowest BCUT2D eigenvalue weighted by Gasteiger charge is -1.93. The molecule has 0 radical (unpaired) electrons. The molecule has 1 aromatic heterocycles. The lowest BCUT2D eigenvalue weighted by molar-refractivity contribution is -0.118. The van der Waals surface area contributed by atoms with Gasteiger partial charge in [-0.1, -0.05) is 11.8 Å². The van der Waals surface area contributed by atoms with Gasteiger partial charge in [-0.25, -0.2) is 0 Å². The Labute approximate surface area is 97.0 Å². The molecule has 0 unspecified atom stereocenters. The summed E-state index contributed by atoms with van der Waals surface area (Å²) in [5.74, 6) is 0.640. The molecule has 0 aliphatic carbocycles. The standard InChI is InChI=1S/C10H11N3O2S/c1-6(8-4-3-5-15-8)12-13-10-11-9(14)7(2)16-10/h3-5,7H,1-2H3,(H,11,13,14)/b12-6-/t7-/m0/s1. The van der Waals surface area contributed by atoms with Crippen molar-refractivity contribution in [1.82, 2.24) is 5.32 Å². The van der Waals surface area contributed by atoms with E-state index in [0.29, 0.717) is 16.6 Å². The van der Waals surface area contributed by atoms with Crippen molar-refractivity contribution in [1.29, 1.82) is 0 Å². The molecular formula is C10H11N3O2S. The number of thioether (sulfide) groups is 1. The summed E-state index contributed by atoms with van der Waals surface area (Å²) in [7, 11) is 0. The molecule has 16 heavy (non-hydrogen) atoms. The van der Waals surface area contributed by atoms with Crippen molar-refractivity contribution in [3.05, 3.63) is 24.2 Å². The van der Waals surface area contributed by atoms with Crippen LogP contribution in [0.4, 0.5) is 0 Å². The zero-order chi connectivity index (χ0) is 11.5. The molecule has 1 N–H and O–H groups in total. The Morgan fingerprint density at radius 2 is 2.44 bits per heavy atom. The van der Waals surface area contributed by atoms with Crippen LogP contribution in [0.15, 0.2) is 33.0 Å². The number of carbonyl (C=O) groups excluding carboxylic acids is 1. The molecular weight excluding hydrogens is 226 g/mol. The third-order valence-corrected chi connectivity index (χ3v) is 3.03. The molecule has 0 spiro atoms. The molecule has 6 heteroatoms. The Kier molecular flexibility index (Phi) is 3.09. The summed E-state index contributed by atoms with van der Waals surface area (Å²) >= 11 is 1.36. The molecule has 5 nitrogen and oxygen atoms in total. The number of carbonyl (C=O) groups is 1. The van der Waals surface area contributed by atoms with Crippen LogP contribution in [0.2, 0.25) is 0 Å². The van der Waals surface area contributed by atoms with E-state index < -0.39 is 0 Å². The fraction of sp³-hybridized carbons (Fsp3) is 0.300. The third kappa shape index (κ3) is 2.33. The van der Waals surface area contributed by atoms with Gasteiger partial charge in [-0.2, -0.15) is 0 Å². The zero-order valence-electron chi connectivity index (χ0n) is 8.93. The summed E-state index contributed by atoms with van der Waals surface area (Å²) in [4.78, 5) is 11.2. The highest BCUT2D eigenvalue weighted by Crippen LogP contribution is 2.18. The van der Waals surface area contributed by atoms with Gasteiger partial charge in [0.05, 0.1) is 11.5 Å². The van der Waals surface area contributed by atoms with Gasteiger partial charge >= 0.3 is 0 Å². The first-order valence-corrected chi connectivity index (χ1v) is 5.68. The normalized spacial score (nSPS) is 23.9. The average molecular weight is 237 g/mol. The lowest BCUT2D eigenvalue weighted by atomic mass is 10.3. The van der Waals surface area contributed by atoms with Crippen molar-refractivity contribution in [2.45, 2.75) is 19.1 Å². The van der Waals surface area contributed by atoms with Crippen molar-refractivity contribution in [3.63, 3.8) is 0 Å². The Bertz CT molecular complexity index is 451. The number of amides is 1. The lowest BCUT2D eigenvalue weighted by Crippen LogP contribution is -2.23. The van der Waals surface area contributed by atoms with Crippen LogP contribution >= 0.6 is 11.8 Å². The van der Waals surface area contributed by atoms with Crippen molar-refractivity contribution in [2.24, 2.45) is 10.2 Å². The number of nitrogens with one attached hydrogen (secondary N) is 1. The van der Waals surface area contributed by atoms with E-state index in [1.54, 1.807) is 19.3 Å². The zero-order valence-corrected chi connectivity index (χ0v) is 9.75. The third-order valence-electron chi connectivity index (χ3n) is 2.06. The van der Waals surface area contributed by atoms with Crippen LogP contribution in [0.25, 0.3) is 0 Å². The Balaban J connectivity index is 2.09. The minimum atomic E-state index is -0.0992. The summed E-state index contributed by atoms with van der Waals surface area (Å²) in [6.45, 7) is 3.62. The van der Waals surface area contributed by atoms with Crippen LogP contribution in [-0.2, 0) is 4.79 Å². The highest BCUT2D eigenvalue weighted by atomic mass is 32.2. The van der Waals surface area contributed by atoms with Crippen LogP contribution in [-0.4, -0.2) is 22.0 Å². The summed E-state index contributed by atoms with van der Waals surface area (Å²) in [6, 6.07) is 3.59. The van der Waals surface area contributed by atoms with Gasteiger partial charge in [-0.15, -0.1) is 10.2 Å². The predicted molar refractivity (Wildman–Crippen MR) is 63.5 cm³/mol. The molecule has 1 fully saturated rings. The van der Waals surface area contributed by atoms with Gasteiger partial charge < -0.3 is 9.73 Å². The van der Waals surface area contributed by atoms with Crippen molar-refractivity contribution < 1.29 is 9.21 Å². The highest BCUT2D eigenvalue weighted by molar-refractivity contribution is 8.15. The number of hydrogen-bond acceptors (Lipinski definition) is 5. The molecule has 1 saturated heterocycles. The first-order chi connectivity index (χ1) is 7.66. The minimum Gasteiger partial charge on any atom is -0.463 e. The second-order valence-corrected chi connectivity index (χ2v) is 4.65. The second-order valence-electron chi connectivity index (χ2n) is 3.32. The van der Waals surface area contributed by atoms with E-state index in [2.05, 4.69) is 15.5 Å². The van der Waals surface area contributed by atoms with Crippen molar-refractivity contribution >= 4 is 28.5 Å². The molecule has 0 aromatic carbocycles. The van der Waals surface area contributed by atoms with Gasteiger partial charge in [0.25, 0.3) is 0 Å². The number of furan rings is 1. The van der Waals surface area contributed by atoms with Gasteiger partial charge in [-0.05, 0) is 26.0 Å². The largest absolute Gasteiger partial charge is 0.463 e. The van der Waals surface area contributed by atoms with E-state index in [9.17, 15) is 4.79 Å². The predicted octanol–water partition coefficient (Wildman–Crippen LogP) is 1.61. The molecule has 2 heterocycles. The Morgan fingerprint density at radius 1 is 1.62 bits per heavy atom. The first-order valence-electron chi connectivity index (χ1n) is 4.80. The van der Waals surface area contributed by atoms with Crippen LogP contribution in [0.3, 0.4) is 0 Å². The summed E-state index contributed by atoms with van der Waals surface area (Å²) in [5, 5.41) is 11.0. The number of rotatable bonds is 2. The Morgan fingerprint density at radius 3 is 3.00 bits per heavy atom. The van der Waals surface area contributed by atoms with Crippen LogP contribution in [0.1, 0.15) is 19.6 Å². The molecule has 1 amide bonds. The van der Waals surface area contributed by atoms with Gasteiger partial charge in [0.15, 0.2) is 5.17 Å². The van der Waals surface area contributed by atoms with E-state index >= 15 is 0 Å². The number of amidine groups is 1. The van der Waals surface area contributed by atoms with Gasteiger partial charge in [0.2, 0.25) is 5.91 Å². The molecule has 1 atom stereocenters. The summed E-state index contributed by atoms with van der Waals surface area (Å²) < 4.78 is 5.16. The minimum absolute atomic E-state index is 0.0328. The molecule has 1 aliphatic rings. The number of hydrogen-bond donors (Lipinski definition) is 1. The van der Waals surface area contributed by atoms with E-state index in [1.165, 1.54) is 11.8 Å². The Hall–Kier alpha value is -1.56.